The standard InChI is InChI=1S/C28H30Cl2N4O2/c29-23-13-19(14-24(30)16-23)18-36-26-15-22(17-32-27(26)31)20-3-5-21(6-4-20)28(35)34-11-7-25(8-12-34)33-9-1-2-10-33/h3-6,13-17,25H,1-2,7-12,18H2,(H2,31,32). The zero-order valence-corrected chi connectivity index (χ0v) is 21.6. The number of nitrogen functional groups attached to an aromatic ring is 1. The van der Waals surface area contributed by atoms with Gasteiger partial charge in [-0.15, -0.1) is 0 Å². The van der Waals surface area contributed by atoms with Crippen LogP contribution in [0.5, 0.6) is 5.75 Å². The fourth-order valence-electron chi connectivity index (χ4n) is 5.11. The molecular formula is C28H30Cl2N4O2. The summed E-state index contributed by atoms with van der Waals surface area (Å²) in [4.78, 5) is 22.0. The van der Waals surface area contributed by atoms with Crippen molar-refractivity contribution in [1.29, 1.82) is 0 Å². The highest BCUT2D eigenvalue weighted by molar-refractivity contribution is 6.34. The van der Waals surface area contributed by atoms with Gasteiger partial charge >= 0.3 is 0 Å². The van der Waals surface area contributed by atoms with E-state index in [2.05, 4.69) is 9.88 Å². The van der Waals surface area contributed by atoms with Gasteiger partial charge in [-0.25, -0.2) is 4.98 Å². The lowest BCUT2D eigenvalue weighted by molar-refractivity contribution is 0.0644. The molecule has 6 nitrogen and oxygen atoms in total. The van der Waals surface area contributed by atoms with Gasteiger partial charge in [-0.1, -0.05) is 35.3 Å². The molecule has 0 atom stereocenters. The molecular weight excluding hydrogens is 495 g/mol. The zero-order valence-electron chi connectivity index (χ0n) is 20.1. The van der Waals surface area contributed by atoms with E-state index in [1.165, 1.54) is 25.9 Å². The number of rotatable bonds is 6. The Morgan fingerprint density at radius 2 is 1.61 bits per heavy atom. The number of nitrogens with zero attached hydrogens (tertiary/aromatic N) is 3. The maximum absolute atomic E-state index is 13.1. The van der Waals surface area contributed by atoms with Crippen LogP contribution in [0.25, 0.3) is 11.1 Å². The summed E-state index contributed by atoms with van der Waals surface area (Å²) in [6, 6.07) is 15.4. The van der Waals surface area contributed by atoms with Crippen molar-refractivity contribution in [3.63, 3.8) is 0 Å². The molecule has 2 aliphatic heterocycles. The first-order chi connectivity index (χ1) is 17.5. The highest BCUT2D eigenvalue weighted by atomic mass is 35.5. The molecule has 0 spiro atoms. The van der Waals surface area contributed by atoms with Crippen LogP contribution >= 0.6 is 23.2 Å². The minimum absolute atomic E-state index is 0.0982. The van der Waals surface area contributed by atoms with Crippen molar-refractivity contribution in [2.75, 3.05) is 31.9 Å². The number of carbonyl (C=O) groups is 1. The number of halogens is 2. The van der Waals surface area contributed by atoms with Crippen LogP contribution in [0.4, 0.5) is 5.82 Å². The fourth-order valence-corrected chi connectivity index (χ4v) is 5.68. The Morgan fingerprint density at radius 3 is 2.28 bits per heavy atom. The van der Waals surface area contributed by atoms with E-state index >= 15 is 0 Å². The van der Waals surface area contributed by atoms with Gasteiger partial charge in [-0.05, 0) is 86.3 Å². The SMILES string of the molecule is Nc1ncc(-c2ccc(C(=O)N3CCC(N4CCCC4)CC3)cc2)cc1OCc1cc(Cl)cc(Cl)c1. The summed E-state index contributed by atoms with van der Waals surface area (Å²) < 4.78 is 5.91. The van der Waals surface area contributed by atoms with Crippen LogP contribution in [0.3, 0.4) is 0 Å². The Balaban J connectivity index is 1.22. The Morgan fingerprint density at radius 1 is 0.944 bits per heavy atom. The van der Waals surface area contributed by atoms with E-state index in [0.29, 0.717) is 33.2 Å². The largest absolute Gasteiger partial charge is 0.485 e. The minimum atomic E-state index is 0.0982. The van der Waals surface area contributed by atoms with Crippen molar-refractivity contribution >= 4 is 34.9 Å². The molecule has 1 amide bonds. The second kappa shape index (κ2) is 11.1. The Kier molecular flexibility index (Phi) is 7.65. The quantitative estimate of drug-likeness (QED) is 0.433. The molecule has 5 rings (SSSR count). The number of likely N-dealkylation sites (tertiary alicyclic amines) is 2. The van der Waals surface area contributed by atoms with Gasteiger partial charge in [-0.2, -0.15) is 0 Å². The molecule has 0 unspecified atom stereocenters. The summed E-state index contributed by atoms with van der Waals surface area (Å²) in [5, 5.41) is 1.10. The van der Waals surface area contributed by atoms with Crippen LogP contribution in [0.1, 0.15) is 41.6 Å². The van der Waals surface area contributed by atoms with Crippen LogP contribution in [0, 0.1) is 0 Å². The molecule has 36 heavy (non-hydrogen) atoms. The van der Waals surface area contributed by atoms with Crippen molar-refractivity contribution in [2.24, 2.45) is 0 Å². The summed E-state index contributed by atoms with van der Waals surface area (Å²) in [6.07, 6.45) is 6.44. The molecule has 2 fully saturated rings. The van der Waals surface area contributed by atoms with Crippen LogP contribution in [0.2, 0.25) is 10.0 Å². The van der Waals surface area contributed by atoms with E-state index in [1.54, 1.807) is 24.4 Å². The van der Waals surface area contributed by atoms with Crippen LogP contribution in [-0.4, -0.2) is 52.9 Å². The molecule has 0 aliphatic carbocycles. The number of aromatic nitrogens is 1. The van der Waals surface area contributed by atoms with Gasteiger partial charge in [0.25, 0.3) is 5.91 Å². The van der Waals surface area contributed by atoms with Crippen LogP contribution in [-0.2, 0) is 6.61 Å². The monoisotopic (exact) mass is 524 g/mol. The third-order valence-electron chi connectivity index (χ3n) is 7.07. The predicted octanol–water partition coefficient (Wildman–Crippen LogP) is 5.92. The topological polar surface area (TPSA) is 71.7 Å². The average Bonchev–Trinajstić information content (AvgIpc) is 3.43. The molecule has 2 aromatic carbocycles. The Bertz CT molecular complexity index is 1200. The van der Waals surface area contributed by atoms with Gasteiger partial charge in [0.15, 0.2) is 11.6 Å². The molecule has 188 valence electrons. The smallest absolute Gasteiger partial charge is 0.253 e. The van der Waals surface area contributed by atoms with E-state index in [0.717, 1.165) is 42.6 Å². The lowest BCUT2D eigenvalue weighted by Gasteiger charge is -2.36. The number of nitrogens with two attached hydrogens (primary N) is 1. The summed E-state index contributed by atoms with van der Waals surface area (Å²) in [5.74, 6) is 0.877. The first-order valence-electron chi connectivity index (χ1n) is 12.4. The third-order valence-corrected chi connectivity index (χ3v) is 7.51. The van der Waals surface area contributed by atoms with E-state index in [1.807, 2.05) is 35.2 Å². The van der Waals surface area contributed by atoms with E-state index < -0.39 is 0 Å². The predicted molar refractivity (Wildman–Crippen MR) is 145 cm³/mol. The van der Waals surface area contributed by atoms with Crippen molar-refractivity contribution < 1.29 is 9.53 Å². The summed E-state index contributed by atoms with van der Waals surface area (Å²) in [6.45, 7) is 4.32. The number of carbonyl (C=O) groups excluding carboxylic acids is 1. The second-order valence-corrected chi connectivity index (χ2v) is 10.4. The number of pyridine rings is 1. The first kappa shape index (κ1) is 24.9. The number of hydrogen-bond acceptors (Lipinski definition) is 5. The molecule has 0 radical (unpaired) electrons. The van der Waals surface area contributed by atoms with Gasteiger partial charge in [0.1, 0.15) is 6.61 Å². The number of benzene rings is 2. The number of amides is 1. The highest BCUT2D eigenvalue weighted by Crippen LogP contribution is 2.29. The van der Waals surface area contributed by atoms with E-state index in [4.69, 9.17) is 33.7 Å². The van der Waals surface area contributed by atoms with Gasteiger partial charge in [-0.3, -0.25) is 4.79 Å². The number of ether oxygens (including phenoxy) is 1. The Labute approximate surface area is 222 Å². The van der Waals surface area contributed by atoms with Gasteiger partial charge in [0, 0.05) is 46.5 Å². The Hall–Kier alpha value is -2.80. The second-order valence-electron chi connectivity index (χ2n) is 9.52. The molecule has 2 N–H and O–H groups in total. The molecule has 8 heteroatoms. The first-order valence-corrected chi connectivity index (χ1v) is 13.2. The average molecular weight is 525 g/mol. The van der Waals surface area contributed by atoms with E-state index in [-0.39, 0.29) is 12.5 Å². The van der Waals surface area contributed by atoms with E-state index in [9.17, 15) is 4.79 Å². The minimum Gasteiger partial charge on any atom is -0.485 e. The maximum Gasteiger partial charge on any atom is 0.253 e. The molecule has 2 aliphatic rings. The lowest BCUT2D eigenvalue weighted by atomic mass is 10.0. The normalized spacial score (nSPS) is 16.9. The molecule has 0 bridgehead atoms. The number of hydrogen-bond donors (Lipinski definition) is 1. The lowest BCUT2D eigenvalue weighted by Crippen LogP contribution is -2.45. The van der Waals surface area contributed by atoms with Crippen molar-refractivity contribution in [1.82, 2.24) is 14.8 Å². The molecule has 0 saturated carbocycles. The molecule has 3 aromatic rings. The van der Waals surface area contributed by atoms with Gasteiger partial charge in [0.05, 0.1) is 0 Å². The fraction of sp³-hybridized carbons (Fsp3) is 0.357. The van der Waals surface area contributed by atoms with Gasteiger partial charge < -0.3 is 20.3 Å². The number of anilines is 1. The maximum atomic E-state index is 13.1. The van der Waals surface area contributed by atoms with Crippen LogP contribution < -0.4 is 10.5 Å². The third kappa shape index (κ3) is 5.77. The van der Waals surface area contributed by atoms with Crippen molar-refractivity contribution in [2.45, 2.75) is 38.3 Å². The molecule has 1 aromatic heterocycles. The molecule has 2 saturated heterocycles. The van der Waals surface area contributed by atoms with Crippen molar-refractivity contribution in [3.05, 3.63) is 75.9 Å². The molecule has 3 heterocycles. The van der Waals surface area contributed by atoms with Crippen LogP contribution in [0.15, 0.2) is 54.7 Å². The summed E-state index contributed by atoms with van der Waals surface area (Å²) in [5.41, 5.74) is 9.38. The summed E-state index contributed by atoms with van der Waals surface area (Å²) >= 11 is 12.2. The zero-order chi connectivity index (χ0) is 25.1. The van der Waals surface area contributed by atoms with Gasteiger partial charge in [0.2, 0.25) is 0 Å². The highest BCUT2D eigenvalue weighted by Gasteiger charge is 2.28. The number of piperidine rings is 1. The van der Waals surface area contributed by atoms with Crippen molar-refractivity contribution in [3.8, 4) is 16.9 Å². The summed E-state index contributed by atoms with van der Waals surface area (Å²) in [7, 11) is 0.